The van der Waals surface area contributed by atoms with Crippen molar-refractivity contribution in [1.82, 2.24) is 9.97 Å². The fourth-order valence-corrected chi connectivity index (χ4v) is 1.69. The van der Waals surface area contributed by atoms with Gasteiger partial charge in [0.15, 0.2) is 0 Å². The van der Waals surface area contributed by atoms with Crippen LogP contribution < -0.4 is 0 Å². The van der Waals surface area contributed by atoms with Gasteiger partial charge in [0.2, 0.25) is 5.82 Å². The van der Waals surface area contributed by atoms with Crippen LogP contribution in [0.4, 0.5) is 39.5 Å². The average Bonchev–Trinajstić information content (AvgIpc) is 2.68. The quantitative estimate of drug-likeness (QED) is 0.705. The van der Waals surface area contributed by atoms with E-state index in [4.69, 9.17) is 0 Å². The number of nitrogens with one attached hydrogen (secondary N) is 1. The highest BCUT2D eigenvalue weighted by Gasteiger charge is 2.42. The van der Waals surface area contributed by atoms with Crippen molar-refractivity contribution in [2.24, 2.45) is 0 Å². The molecule has 0 radical (unpaired) electrons. The molecule has 1 aromatic heterocycles. The summed E-state index contributed by atoms with van der Waals surface area (Å²) < 4.78 is 113. The molecule has 0 amide bonds. The lowest BCUT2D eigenvalue weighted by atomic mass is 10.1. The maximum Gasteiger partial charge on any atom is 0.449 e. The Hall–Kier alpha value is -1.94. The van der Waals surface area contributed by atoms with Crippen LogP contribution in [0, 0.1) is 0 Å². The molecule has 0 aliphatic carbocycles. The Morgan fingerprint density at radius 2 is 1.19 bits per heavy atom. The number of H-pyrrole nitrogens is 1. The van der Waals surface area contributed by atoms with Gasteiger partial charge < -0.3 is 4.98 Å². The minimum atomic E-state index is -5.20. The fourth-order valence-electron chi connectivity index (χ4n) is 1.69. The summed E-state index contributed by atoms with van der Waals surface area (Å²) in [5, 5.41) is 0. The molecule has 0 atom stereocenters. The number of alkyl halides is 9. The third-order valence-electron chi connectivity index (χ3n) is 2.52. The van der Waals surface area contributed by atoms with Crippen LogP contribution >= 0.6 is 0 Å². The molecular weight excluding hydrogens is 319 g/mol. The number of benzene rings is 1. The summed E-state index contributed by atoms with van der Waals surface area (Å²) in [5.74, 6) is -1.93. The van der Waals surface area contributed by atoms with Gasteiger partial charge in [0.05, 0.1) is 16.6 Å². The summed E-state index contributed by atoms with van der Waals surface area (Å²) in [7, 11) is 0. The molecule has 2 aromatic rings. The van der Waals surface area contributed by atoms with Gasteiger partial charge in [-0.25, -0.2) is 4.98 Å². The molecular formula is C10H3F9N2. The number of hydrogen-bond acceptors (Lipinski definition) is 1. The number of aromatic amines is 1. The first kappa shape index (κ1) is 15.4. The van der Waals surface area contributed by atoms with E-state index in [1.807, 2.05) is 0 Å². The Labute approximate surface area is 109 Å². The molecule has 0 aliphatic heterocycles. The molecule has 21 heavy (non-hydrogen) atoms. The van der Waals surface area contributed by atoms with Gasteiger partial charge in [-0.3, -0.25) is 0 Å². The van der Waals surface area contributed by atoms with Crippen LogP contribution in [0.1, 0.15) is 17.0 Å². The number of fused-ring (bicyclic) bond motifs is 1. The Balaban J connectivity index is 2.86. The van der Waals surface area contributed by atoms with Crippen molar-refractivity contribution in [2.75, 3.05) is 0 Å². The molecule has 0 bridgehead atoms. The third-order valence-corrected chi connectivity index (χ3v) is 2.52. The second-order valence-electron chi connectivity index (χ2n) is 3.96. The average molecular weight is 322 g/mol. The van der Waals surface area contributed by atoms with Gasteiger partial charge in [-0.1, -0.05) is 0 Å². The van der Waals surface area contributed by atoms with Crippen LogP contribution in [0.2, 0.25) is 0 Å². The van der Waals surface area contributed by atoms with Crippen molar-refractivity contribution in [3.8, 4) is 0 Å². The molecule has 1 heterocycles. The SMILES string of the molecule is FC(F)(F)c1nc2c(C(F)(F)F)ccc(C(F)(F)F)c2[nH]1. The zero-order chi connectivity index (χ0) is 16.2. The molecule has 0 spiro atoms. The second kappa shape index (κ2) is 4.28. The zero-order valence-corrected chi connectivity index (χ0v) is 9.50. The molecule has 0 saturated heterocycles. The van der Waals surface area contributed by atoms with Crippen LogP contribution in [-0.2, 0) is 18.5 Å². The lowest BCUT2D eigenvalue weighted by molar-refractivity contribution is -0.145. The van der Waals surface area contributed by atoms with Crippen LogP contribution in [0.25, 0.3) is 11.0 Å². The number of hydrogen-bond donors (Lipinski definition) is 1. The number of nitrogens with zero attached hydrogens (tertiary/aromatic N) is 1. The van der Waals surface area contributed by atoms with Crippen LogP contribution in [0.5, 0.6) is 0 Å². The standard InChI is InChI=1S/C10H3F9N2/c11-8(12,13)3-1-2-4(9(14,15)16)6-5(3)20-7(21-6)10(17,18)19/h1-2H,(H,20,21). The molecule has 1 N–H and O–H groups in total. The van der Waals surface area contributed by atoms with Gasteiger partial charge >= 0.3 is 18.5 Å². The third kappa shape index (κ3) is 2.76. The maximum atomic E-state index is 12.6. The predicted molar refractivity (Wildman–Crippen MR) is 51.1 cm³/mol. The summed E-state index contributed by atoms with van der Waals surface area (Å²) in [6.07, 6.45) is -15.5. The predicted octanol–water partition coefficient (Wildman–Crippen LogP) is 4.62. The highest BCUT2D eigenvalue weighted by atomic mass is 19.4. The summed E-state index contributed by atoms with van der Waals surface area (Å²) in [6, 6.07) is 0.107. The van der Waals surface area contributed by atoms with Crippen molar-refractivity contribution in [3.63, 3.8) is 0 Å². The van der Waals surface area contributed by atoms with Crippen molar-refractivity contribution in [1.29, 1.82) is 0 Å². The van der Waals surface area contributed by atoms with Gasteiger partial charge in [-0.2, -0.15) is 39.5 Å². The normalized spacial score (nSPS) is 14.0. The molecule has 2 nitrogen and oxygen atoms in total. The largest absolute Gasteiger partial charge is 0.449 e. The molecule has 0 aliphatic rings. The zero-order valence-electron chi connectivity index (χ0n) is 9.50. The minimum absolute atomic E-state index is 0.0478. The molecule has 11 heteroatoms. The highest BCUT2D eigenvalue weighted by Crippen LogP contribution is 2.41. The van der Waals surface area contributed by atoms with E-state index in [9.17, 15) is 39.5 Å². The van der Waals surface area contributed by atoms with Crippen LogP contribution in [0.3, 0.4) is 0 Å². The van der Waals surface area contributed by atoms with Crippen molar-refractivity contribution >= 4 is 11.0 Å². The smallest absolute Gasteiger partial charge is 0.334 e. The number of aromatic nitrogens is 2. The van der Waals surface area contributed by atoms with Gasteiger partial charge in [0.25, 0.3) is 0 Å². The molecule has 116 valence electrons. The van der Waals surface area contributed by atoms with E-state index in [2.05, 4.69) is 4.98 Å². The summed E-state index contributed by atoms with van der Waals surface area (Å²) in [6.45, 7) is 0. The van der Waals surface area contributed by atoms with Crippen molar-refractivity contribution in [2.45, 2.75) is 18.5 Å². The topological polar surface area (TPSA) is 28.7 Å². The van der Waals surface area contributed by atoms with E-state index < -0.39 is 46.5 Å². The Kier molecular flexibility index (Phi) is 3.15. The van der Waals surface area contributed by atoms with Gasteiger partial charge in [-0.15, -0.1) is 0 Å². The van der Waals surface area contributed by atoms with E-state index in [1.165, 1.54) is 4.98 Å². The minimum Gasteiger partial charge on any atom is -0.334 e. The lowest BCUT2D eigenvalue weighted by Gasteiger charge is -2.11. The van der Waals surface area contributed by atoms with E-state index in [0.29, 0.717) is 0 Å². The Morgan fingerprint density at radius 1 is 0.714 bits per heavy atom. The van der Waals surface area contributed by atoms with Gasteiger partial charge in [-0.05, 0) is 12.1 Å². The lowest BCUT2D eigenvalue weighted by Crippen LogP contribution is -2.10. The molecule has 0 unspecified atom stereocenters. The maximum absolute atomic E-state index is 12.6. The van der Waals surface area contributed by atoms with Gasteiger partial charge in [0, 0.05) is 0 Å². The van der Waals surface area contributed by atoms with E-state index >= 15 is 0 Å². The molecule has 0 saturated carbocycles. The van der Waals surface area contributed by atoms with Crippen LogP contribution in [-0.4, -0.2) is 9.97 Å². The summed E-state index contributed by atoms with van der Waals surface area (Å²) >= 11 is 0. The first-order chi connectivity index (χ1) is 9.32. The van der Waals surface area contributed by atoms with Crippen LogP contribution in [0.15, 0.2) is 12.1 Å². The molecule has 2 rings (SSSR count). The van der Waals surface area contributed by atoms with E-state index in [1.54, 1.807) is 0 Å². The van der Waals surface area contributed by atoms with E-state index in [0.717, 1.165) is 0 Å². The van der Waals surface area contributed by atoms with Gasteiger partial charge in [0.1, 0.15) is 5.52 Å². The number of imidazole rings is 1. The second-order valence-corrected chi connectivity index (χ2v) is 3.96. The number of rotatable bonds is 0. The summed E-state index contributed by atoms with van der Waals surface area (Å²) in [4.78, 5) is 3.89. The summed E-state index contributed by atoms with van der Waals surface area (Å²) in [5.41, 5.74) is -6.12. The number of halogens is 9. The molecule has 1 aromatic carbocycles. The first-order valence-electron chi connectivity index (χ1n) is 5.06. The van der Waals surface area contributed by atoms with Crippen molar-refractivity contribution in [3.05, 3.63) is 29.1 Å². The van der Waals surface area contributed by atoms with E-state index in [-0.39, 0.29) is 12.1 Å². The Morgan fingerprint density at radius 3 is 1.62 bits per heavy atom. The van der Waals surface area contributed by atoms with Crippen molar-refractivity contribution < 1.29 is 39.5 Å². The highest BCUT2D eigenvalue weighted by molar-refractivity contribution is 5.83. The molecule has 0 fully saturated rings. The Bertz CT molecular complexity index is 624. The monoisotopic (exact) mass is 322 g/mol. The fraction of sp³-hybridized carbons (Fsp3) is 0.300. The first-order valence-corrected chi connectivity index (χ1v) is 5.06.